The van der Waals surface area contributed by atoms with Gasteiger partial charge in [-0.1, -0.05) is 37.6 Å². The Morgan fingerprint density at radius 2 is 1.75 bits per heavy atom. The quantitative estimate of drug-likeness (QED) is 0.281. The molecule has 222 valence electrons. The number of nitrogens with two attached hydrogens (primary N) is 2. The maximum atomic E-state index is 13.1. The summed E-state index contributed by atoms with van der Waals surface area (Å²) >= 11 is 0. The summed E-state index contributed by atoms with van der Waals surface area (Å²) in [6.45, 7) is 12.5. The van der Waals surface area contributed by atoms with Crippen molar-refractivity contribution in [2.24, 2.45) is 0 Å². The maximum absolute atomic E-state index is 13.1. The molecule has 1 amide bonds. The number of hydrogen-bond donors (Lipinski definition) is 3. The number of hydrogen-bond acceptors (Lipinski definition) is 10. The highest BCUT2D eigenvalue weighted by Crippen LogP contribution is 2.30. The third kappa shape index (κ3) is 10.8. The minimum Gasteiger partial charge on any atom is -0.481 e. The highest BCUT2D eigenvalue weighted by molar-refractivity contribution is 5.77. The second-order valence-electron chi connectivity index (χ2n) is 10.7. The largest absolute Gasteiger partial charge is 0.481 e. The van der Waals surface area contributed by atoms with Crippen LogP contribution in [0, 0.1) is 0 Å². The fourth-order valence-electron chi connectivity index (χ4n) is 3.97. The van der Waals surface area contributed by atoms with Gasteiger partial charge < -0.3 is 26.0 Å². The fourth-order valence-corrected chi connectivity index (χ4v) is 3.97. The SMILES string of the molecule is CC(=O)O.CCCCOc1nc(N)c(N)c(N(Cc2cccc(CN3CCCC3)c2)N(C)C(=O)OC(C)(C)C)n1. The number of carboxylic acids is 1. The molecule has 1 aromatic heterocycles. The van der Waals surface area contributed by atoms with E-state index in [0.717, 1.165) is 45.0 Å². The summed E-state index contributed by atoms with van der Waals surface area (Å²) in [5.74, 6) is -0.454. The first kappa shape index (κ1) is 32.4. The second-order valence-corrected chi connectivity index (χ2v) is 10.7. The predicted octanol–water partition coefficient (Wildman–Crippen LogP) is 4.30. The molecule has 0 atom stereocenters. The first-order valence-corrected chi connectivity index (χ1v) is 13.6. The van der Waals surface area contributed by atoms with Gasteiger partial charge in [-0.3, -0.25) is 14.7 Å². The standard InChI is InChI=1S/C26H41N7O3.C2H4O2/c1-6-7-15-35-24-29-22(28)21(27)23(30-24)33(31(5)25(34)36-26(2,3)4)18-20-12-10-11-19(16-20)17-32-13-8-9-14-32;1-2(3)4/h10-12,16H,6-9,13-15,17-18,27H2,1-5H3,(H2,28,29,30);1H3,(H,3,4). The number of carbonyl (C=O) groups is 2. The zero-order valence-electron chi connectivity index (χ0n) is 24.6. The van der Waals surface area contributed by atoms with E-state index < -0.39 is 17.7 Å². The van der Waals surface area contributed by atoms with Crippen molar-refractivity contribution in [3.63, 3.8) is 0 Å². The van der Waals surface area contributed by atoms with Crippen molar-refractivity contribution in [2.75, 3.05) is 43.2 Å². The first-order chi connectivity index (χ1) is 18.8. The highest BCUT2D eigenvalue weighted by atomic mass is 16.6. The Kier molecular flexibility index (Phi) is 12.2. The lowest BCUT2D eigenvalue weighted by Gasteiger charge is -2.35. The first-order valence-electron chi connectivity index (χ1n) is 13.6. The van der Waals surface area contributed by atoms with E-state index in [-0.39, 0.29) is 23.3 Å². The number of carbonyl (C=O) groups excluding carboxylic acids is 1. The number of anilines is 3. The van der Waals surface area contributed by atoms with Crippen molar-refractivity contribution in [3.05, 3.63) is 35.4 Å². The summed E-state index contributed by atoms with van der Waals surface area (Å²) in [7, 11) is 1.62. The summed E-state index contributed by atoms with van der Waals surface area (Å²) < 4.78 is 11.3. The molecule has 1 aliphatic heterocycles. The number of aromatic nitrogens is 2. The molecule has 0 aliphatic carbocycles. The van der Waals surface area contributed by atoms with Crippen LogP contribution >= 0.6 is 0 Å². The van der Waals surface area contributed by atoms with E-state index in [2.05, 4.69) is 33.9 Å². The zero-order chi connectivity index (χ0) is 29.9. The molecule has 0 unspecified atom stereocenters. The summed E-state index contributed by atoms with van der Waals surface area (Å²) in [4.78, 5) is 33.2. The Labute approximate surface area is 237 Å². The number of nitrogens with zero attached hydrogens (tertiary/aromatic N) is 5. The van der Waals surface area contributed by atoms with Gasteiger partial charge in [-0.2, -0.15) is 9.97 Å². The van der Waals surface area contributed by atoms with E-state index in [1.54, 1.807) is 12.1 Å². The molecular formula is C28H45N7O5. The molecule has 12 heteroatoms. The lowest BCUT2D eigenvalue weighted by Crippen LogP contribution is -2.46. The number of rotatable bonds is 10. The van der Waals surface area contributed by atoms with Crippen LogP contribution in [0.15, 0.2) is 24.3 Å². The van der Waals surface area contributed by atoms with Gasteiger partial charge in [0.05, 0.1) is 13.2 Å². The molecule has 1 aromatic carbocycles. The molecule has 2 heterocycles. The zero-order valence-corrected chi connectivity index (χ0v) is 24.6. The number of amides is 1. The van der Waals surface area contributed by atoms with Crippen LogP contribution < -0.4 is 21.2 Å². The van der Waals surface area contributed by atoms with Crippen LogP contribution in [0.2, 0.25) is 0 Å². The summed E-state index contributed by atoms with van der Waals surface area (Å²) in [6.07, 6.45) is 3.77. The van der Waals surface area contributed by atoms with Crippen LogP contribution in [-0.4, -0.2) is 69.4 Å². The predicted molar refractivity (Wildman–Crippen MR) is 156 cm³/mol. The molecule has 12 nitrogen and oxygen atoms in total. The van der Waals surface area contributed by atoms with E-state index in [1.807, 2.05) is 32.9 Å². The Morgan fingerprint density at radius 1 is 1.12 bits per heavy atom. The molecule has 2 aromatic rings. The maximum Gasteiger partial charge on any atom is 0.429 e. The highest BCUT2D eigenvalue weighted by Gasteiger charge is 2.28. The molecule has 1 fully saturated rings. The van der Waals surface area contributed by atoms with Crippen LogP contribution in [0.1, 0.15) is 71.4 Å². The molecule has 0 saturated carbocycles. The van der Waals surface area contributed by atoms with Gasteiger partial charge in [0.1, 0.15) is 11.3 Å². The molecule has 0 bridgehead atoms. The second kappa shape index (κ2) is 15.1. The van der Waals surface area contributed by atoms with Crippen molar-refractivity contribution in [3.8, 4) is 6.01 Å². The van der Waals surface area contributed by atoms with E-state index in [1.165, 1.54) is 23.4 Å². The minimum absolute atomic E-state index is 0.0943. The lowest BCUT2D eigenvalue weighted by molar-refractivity contribution is -0.134. The third-order valence-corrected chi connectivity index (χ3v) is 5.86. The number of likely N-dealkylation sites (tertiary alicyclic amines) is 1. The van der Waals surface area contributed by atoms with Crippen LogP contribution in [0.5, 0.6) is 6.01 Å². The summed E-state index contributed by atoms with van der Waals surface area (Å²) in [5, 5.41) is 10.4. The van der Waals surface area contributed by atoms with Crippen LogP contribution in [-0.2, 0) is 22.6 Å². The van der Waals surface area contributed by atoms with Gasteiger partial charge in [-0.15, -0.1) is 0 Å². The van der Waals surface area contributed by atoms with Crippen molar-refractivity contribution in [2.45, 2.75) is 79.0 Å². The average molecular weight is 560 g/mol. The number of hydrazine groups is 1. The molecule has 3 rings (SSSR count). The van der Waals surface area contributed by atoms with Crippen molar-refractivity contribution in [1.82, 2.24) is 19.9 Å². The monoisotopic (exact) mass is 559 g/mol. The average Bonchev–Trinajstić information content (AvgIpc) is 3.36. The van der Waals surface area contributed by atoms with Gasteiger partial charge in [0, 0.05) is 20.5 Å². The summed E-state index contributed by atoms with van der Waals surface area (Å²) in [5.41, 5.74) is 14.2. The van der Waals surface area contributed by atoms with Crippen molar-refractivity contribution >= 4 is 29.4 Å². The van der Waals surface area contributed by atoms with Crippen LogP contribution in [0.25, 0.3) is 0 Å². The van der Waals surface area contributed by atoms with Gasteiger partial charge in [0.15, 0.2) is 11.6 Å². The molecule has 0 radical (unpaired) electrons. The Balaban J connectivity index is 0.00000131. The Bertz CT molecular complexity index is 1110. The minimum atomic E-state index is -0.833. The van der Waals surface area contributed by atoms with Gasteiger partial charge in [-0.05, 0) is 64.3 Å². The Hall–Kier alpha value is -3.80. The van der Waals surface area contributed by atoms with Crippen molar-refractivity contribution < 1.29 is 24.2 Å². The number of ether oxygens (including phenoxy) is 2. The van der Waals surface area contributed by atoms with E-state index in [0.29, 0.717) is 13.2 Å². The van der Waals surface area contributed by atoms with Crippen molar-refractivity contribution in [1.29, 1.82) is 0 Å². The van der Waals surface area contributed by atoms with E-state index in [4.69, 9.17) is 30.8 Å². The van der Waals surface area contributed by atoms with Gasteiger partial charge in [0.2, 0.25) is 0 Å². The lowest BCUT2D eigenvalue weighted by atomic mass is 10.1. The van der Waals surface area contributed by atoms with Gasteiger partial charge in [-0.25, -0.2) is 9.80 Å². The van der Waals surface area contributed by atoms with E-state index in [9.17, 15) is 4.79 Å². The molecule has 0 spiro atoms. The smallest absolute Gasteiger partial charge is 0.429 e. The number of carboxylic acid groups (broad SMARTS) is 1. The Morgan fingerprint density at radius 3 is 2.35 bits per heavy atom. The number of unbranched alkanes of at least 4 members (excludes halogenated alkanes) is 1. The molecule has 1 aliphatic rings. The van der Waals surface area contributed by atoms with Gasteiger partial charge >= 0.3 is 12.1 Å². The normalized spacial score (nSPS) is 13.2. The van der Waals surface area contributed by atoms with E-state index >= 15 is 0 Å². The topological polar surface area (TPSA) is 160 Å². The number of aliphatic carboxylic acids is 1. The molecular weight excluding hydrogens is 514 g/mol. The third-order valence-electron chi connectivity index (χ3n) is 5.86. The fraction of sp³-hybridized carbons (Fsp3) is 0.571. The molecule has 5 N–H and O–H groups in total. The summed E-state index contributed by atoms with van der Waals surface area (Å²) in [6, 6.07) is 8.44. The van der Waals surface area contributed by atoms with Crippen LogP contribution in [0.3, 0.4) is 0 Å². The van der Waals surface area contributed by atoms with Crippen LogP contribution in [0.4, 0.5) is 22.1 Å². The van der Waals surface area contributed by atoms with Gasteiger partial charge in [0.25, 0.3) is 5.97 Å². The molecule has 1 saturated heterocycles. The number of nitrogen functional groups attached to an aromatic ring is 2. The number of benzene rings is 1. The molecule has 40 heavy (non-hydrogen) atoms.